The van der Waals surface area contributed by atoms with Gasteiger partial charge in [-0.05, 0) is 39.5 Å². The average molecular weight is 345 g/mol. The molecule has 0 amide bonds. The standard InChI is InChI=1S/C12H9BrO3S2/c13-9-4-1-2-6-12(9)18(15,16)8-10(14)11-5-3-7-17-11/h1-7H,8H2. The lowest BCUT2D eigenvalue weighted by atomic mass is 10.3. The molecule has 0 bridgehead atoms. The fraction of sp³-hybridized carbons (Fsp3) is 0.0833. The van der Waals surface area contributed by atoms with E-state index in [9.17, 15) is 13.2 Å². The predicted octanol–water partition coefficient (Wildman–Crippen LogP) is 3.17. The molecule has 0 spiro atoms. The van der Waals surface area contributed by atoms with Crippen molar-refractivity contribution in [3.8, 4) is 0 Å². The highest BCUT2D eigenvalue weighted by molar-refractivity contribution is 9.10. The Hall–Kier alpha value is -0.980. The van der Waals surface area contributed by atoms with Gasteiger partial charge in [0.15, 0.2) is 15.6 Å². The molecule has 0 atom stereocenters. The molecule has 1 heterocycles. The predicted molar refractivity (Wildman–Crippen MR) is 74.8 cm³/mol. The van der Waals surface area contributed by atoms with E-state index in [0.717, 1.165) is 0 Å². The number of ketones is 1. The number of hydrogen-bond donors (Lipinski definition) is 0. The number of hydrogen-bond acceptors (Lipinski definition) is 4. The van der Waals surface area contributed by atoms with Crippen LogP contribution in [0.15, 0.2) is 51.1 Å². The van der Waals surface area contributed by atoms with E-state index in [2.05, 4.69) is 15.9 Å². The molecule has 0 aliphatic rings. The monoisotopic (exact) mass is 344 g/mol. The molecule has 2 aromatic rings. The van der Waals surface area contributed by atoms with Crippen molar-refractivity contribution in [2.45, 2.75) is 4.90 Å². The summed E-state index contributed by atoms with van der Waals surface area (Å²) in [7, 11) is -3.61. The minimum atomic E-state index is -3.61. The van der Waals surface area contributed by atoms with Gasteiger partial charge in [0.2, 0.25) is 0 Å². The van der Waals surface area contributed by atoms with Crippen LogP contribution in [0, 0.1) is 0 Å². The first kappa shape index (κ1) is 13.5. The van der Waals surface area contributed by atoms with Crippen molar-refractivity contribution in [1.82, 2.24) is 0 Å². The summed E-state index contributed by atoms with van der Waals surface area (Å²) in [5.41, 5.74) is 0. The molecule has 0 saturated carbocycles. The molecule has 0 aliphatic carbocycles. The topological polar surface area (TPSA) is 51.2 Å². The number of rotatable bonds is 4. The summed E-state index contributed by atoms with van der Waals surface area (Å²) in [4.78, 5) is 12.4. The van der Waals surface area contributed by atoms with Crippen LogP contribution in [-0.2, 0) is 9.84 Å². The van der Waals surface area contributed by atoms with Gasteiger partial charge in [-0.25, -0.2) is 8.42 Å². The maximum atomic E-state index is 12.1. The Morgan fingerprint density at radius 2 is 1.89 bits per heavy atom. The van der Waals surface area contributed by atoms with Crippen molar-refractivity contribution in [2.24, 2.45) is 0 Å². The van der Waals surface area contributed by atoms with Crippen molar-refractivity contribution >= 4 is 42.9 Å². The number of benzene rings is 1. The Morgan fingerprint density at radius 1 is 1.17 bits per heavy atom. The first-order valence-electron chi connectivity index (χ1n) is 5.05. The van der Waals surface area contributed by atoms with Gasteiger partial charge in [-0.3, -0.25) is 4.79 Å². The molecular formula is C12H9BrO3S2. The summed E-state index contributed by atoms with van der Waals surface area (Å²) in [6, 6.07) is 9.84. The lowest BCUT2D eigenvalue weighted by Gasteiger charge is -2.05. The van der Waals surface area contributed by atoms with Crippen LogP contribution in [0.2, 0.25) is 0 Å². The normalized spacial score (nSPS) is 11.4. The number of thiophene rings is 1. The molecule has 0 fully saturated rings. The van der Waals surface area contributed by atoms with Crippen LogP contribution < -0.4 is 0 Å². The van der Waals surface area contributed by atoms with Gasteiger partial charge in [-0.1, -0.05) is 18.2 Å². The molecule has 0 aliphatic heterocycles. The fourth-order valence-electron chi connectivity index (χ4n) is 1.46. The minimum Gasteiger partial charge on any atom is -0.292 e. The van der Waals surface area contributed by atoms with E-state index in [4.69, 9.17) is 0 Å². The highest BCUT2D eigenvalue weighted by Crippen LogP contribution is 2.23. The molecule has 18 heavy (non-hydrogen) atoms. The minimum absolute atomic E-state index is 0.148. The van der Waals surface area contributed by atoms with Gasteiger partial charge in [0.1, 0.15) is 5.75 Å². The highest BCUT2D eigenvalue weighted by Gasteiger charge is 2.22. The van der Waals surface area contributed by atoms with Crippen LogP contribution in [0.1, 0.15) is 9.67 Å². The Kier molecular flexibility index (Phi) is 3.99. The highest BCUT2D eigenvalue weighted by atomic mass is 79.9. The van der Waals surface area contributed by atoms with E-state index in [1.165, 1.54) is 17.4 Å². The zero-order valence-corrected chi connectivity index (χ0v) is 12.4. The first-order chi connectivity index (χ1) is 8.50. The molecule has 3 nitrogen and oxygen atoms in total. The molecular weight excluding hydrogens is 336 g/mol. The number of sulfone groups is 1. The molecule has 1 aromatic heterocycles. The van der Waals surface area contributed by atoms with Crippen LogP contribution in [0.4, 0.5) is 0 Å². The Bertz CT molecular complexity index is 660. The zero-order valence-electron chi connectivity index (χ0n) is 9.17. The third kappa shape index (κ3) is 2.88. The van der Waals surface area contributed by atoms with Crippen molar-refractivity contribution in [2.75, 3.05) is 5.75 Å². The molecule has 0 radical (unpaired) electrons. The zero-order chi connectivity index (χ0) is 13.2. The summed E-state index contributed by atoms with van der Waals surface area (Å²) in [5, 5.41) is 1.75. The van der Waals surface area contributed by atoms with Crippen LogP contribution in [-0.4, -0.2) is 20.0 Å². The first-order valence-corrected chi connectivity index (χ1v) is 8.37. The third-order valence-electron chi connectivity index (χ3n) is 2.29. The van der Waals surface area contributed by atoms with Crippen LogP contribution in [0.5, 0.6) is 0 Å². The van der Waals surface area contributed by atoms with E-state index >= 15 is 0 Å². The van der Waals surface area contributed by atoms with E-state index in [-0.39, 0.29) is 10.7 Å². The van der Waals surface area contributed by atoms with Crippen LogP contribution in [0.3, 0.4) is 0 Å². The summed E-state index contributed by atoms with van der Waals surface area (Å²) in [5.74, 6) is -0.878. The number of carbonyl (C=O) groups is 1. The second-order valence-corrected chi connectivity index (χ2v) is 7.35. The molecule has 1 aromatic carbocycles. The molecule has 2 rings (SSSR count). The smallest absolute Gasteiger partial charge is 0.188 e. The third-order valence-corrected chi connectivity index (χ3v) is 5.82. The van der Waals surface area contributed by atoms with Gasteiger partial charge in [0, 0.05) is 4.47 Å². The Balaban J connectivity index is 2.29. The largest absolute Gasteiger partial charge is 0.292 e. The molecule has 6 heteroatoms. The van der Waals surface area contributed by atoms with Crippen molar-refractivity contribution in [3.63, 3.8) is 0 Å². The van der Waals surface area contributed by atoms with E-state index < -0.39 is 15.6 Å². The van der Waals surface area contributed by atoms with Crippen LogP contribution >= 0.6 is 27.3 Å². The Morgan fingerprint density at radius 3 is 2.50 bits per heavy atom. The summed E-state index contributed by atoms with van der Waals surface area (Å²) in [6.45, 7) is 0. The molecule has 0 unspecified atom stereocenters. The second-order valence-electron chi connectivity index (χ2n) is 3.59. The van der Waals surface area contributed by atoms with Gasteiger partial charge in [-0.2, -0.15) is 0 Å². The van der Waals surface area contributed by atoms with Gasteiger partial charge < -0.3 is 0 Å². The second kappa shape index (κ2) is 5.34. The number of Topliss-reactive ketones (excluding diaryl/α,β-unsaturated/α-hetero) is 1. The van der Waals surface area contributed by atoms with E-state index in [0.29, 0.717) is 9.35 Å². The summed E-state index contributed by atoms with van der Waals surface area (Å²) in [6.07, 6.45) is 0. The molecule has 0 saturated heterocycles. The van der Waals surface area contributed by atoms with Gasteiger partial charge in [-0.15, -0.1) is 11.3 Å². The van der Waals surface area contributed by atoms with E-state index in [1.54, 1.807) is 35.7 Å². The van der Waals surface area contributed by atoms with Gasteiger partial charge in [0.25, 0.3) is 0 Å². The number of halogens is 1. The molecule has 0 N–H and O–H groups in total. The van der Waals surface area contributed by atoms with Gasteiger partial charge in [0.05, 0.1) is 9.77 Å². The number of carbonyl (C=O) groups excluding carboxylic acids is 1. The lowest BCUT2D eigenvalue weighted by molar-refractivity contribution is 0.102. The van der Waals surface area contributed by atoms with Crippen molar-refractivity contribution in [1.29, 1.82) is 0 Å². The summed E-state index contributed by atoms with van der Waals surface area (Å²) >= 11 is 4.43. The lowest BCUT2D eigenvalue weighted by Crippen LogP contribution is -2.16. The maximum absolute atomic E-state index is 12.1. The van der Waals surface area contributed by atoms with Gasteiger partial charge >= 0.3 is 0 Å². The van der Waals surface area contributed by atoms with E-state index in [1.807, 2.05) is 0 Å². The average Bonchev–Trinajstić information content (AvgIpc) is 2.82. The summed E-state index contributed by atoms with van der Waals surface area (Å²) < 4.78 is 24.7. The van der Waals surface area contributed by atoms with Crippen LogP contribution in [0.25, 0.3) is 0 Å². The Labute approximate surface area is 118 Å². The van der Waals surface area contributed by atoms with Crippen molar-refractivity contribution < 1.29 is 13.2 Å². The molecule has 94 valence electrons. The maximum Gasteiger partial charge on any atom is 0.188 e. The quantitative estimate of drug-likeness (QED) is 0.800. The fourth-order valence-corrected chi connectivity index (χ4v) is 4.54. The SMILES string of the molecule is O=C(CS(=O)(=O)c1ccccc1Br)c1cccs1. The van der Waals surface area contributed by atoms with Crippen molar-refractivity contribution in [3.05, 3.63) is 51.1 Å².